The highest BCUT2D eigenvalue weighted by Gasteiger charge is 2.18. The molecule has 3 aromatic heterocycles. The zero-order valence-corrected chi connectivity index (χ0v) is 17.1. The minimum atomic E-state index is -1.05. The lowest BCUT2D eigenvalue weighted by atomic mass is 10.0. The molecular formula is C22H17F2N5O3. The van der Waals surface area contributed by atoms with Gasteiger partial charge in [-0.1, -0.05) is 19.1 Å². The Morgan fingerprint density at radius 1 is 1.09 bits per heavy atom. The van der Waals surface area contributed by atoms with Gasteiger partial charge in [-0.25, -0.2) is 13.6 Å². The monoisotopic (exact) mass is 437 g/mol. The summed E-state index contributed by atoms with van der Waals surface area (Å²) in [7, 11) is 1.49. The number of anilines is 1. The number of aromatic nitrogens is 4. The van der Waals surface area contributed by atoms with E-state index in [-0.39, 0.29) is 5.89 Å². The number of rotatable bonds is 5. The maximum absolute atomic E-state index is 13.8. The number of aryl methyl sites for hydroxylation is 2. The molecule has 8 nitrogen and oxygen atoms in total. The average Bonchev–Trinajstić information content (AvgIpc) is 3.12. The van der Waals surface area contributed by atoms with E-state index in [0.717, 1.165) is 33.9 Å². The number of carbonyl (C=O) groups excluding carboxylic acids is 1. The SMILES string of the molecule is CCc1ncc(-c2nn(C)c(=O)o2)cc1-c1ccc(NC(=O)c2c(F)cncc2F)cc1. The van der Waals surface area contributed by atoms with Crippen LogP contribution in [0.15, 0.2) is 58.1 Å². The number of hydrogen-bond donors (Lipinski definition) is 1. The number of nitrogens with zero attached hydrogens (tertiary/aromatic N) is 4. The number of carbonyl (C=O) groups is 1. The van der Waals surface area contributed by atoms with Crippen molar-refractivity contribution in [1.29, 1.82) is 0 Å². The van der Waals surface area contributed by atoms with Crippen molar-refractivity contribution < 1.29 is 18.0 Å². The van der Waals surface area contributed by atoms with Crippen LogP contribution < -0.4 is 11.1 Å². The van der Waals surface area contributed by atoms with E-state index in [1.807, 2.05) is 13.0 Å². The minimum Gasteiger partial charge on any atom is -0.388 e. The van der Waals surface area contributed by atoms with Gasteiger partial charge in [-0.3, -0.25) is 14.8 Å². The molecule has 0 unspecified atom stereocenters. The molecular weight excluding hydrogens is 420 g/mol. The van der Waals surface area contributed by atoms with Gasteiger partial charge in [0, 0.05) is 30.2 Å². The van der Waals surface area contributed by atoms with Crippen molar-refractivity contribution in [2.45, 2.75) is 13.3 Å². The molecule has 0 saturated carbocycles. The van der Waals surface area contributed by atoms with Crippen molar-refractivity contribution in [3.63, 3.8) is 0 Å². The van der Waals surface area contributed by atoms with Crippen LogP contribution in [0, 0.1) is 11.6 Å². The Morgan fingerprint density at radius 3 is 2.38 bits per heavy atom. The van der Waals surface area contributed by atoms with E-state index in [9.17, 15) is 18.4 Å². The zero-order valence-electron chi connectivity index (χ0n) is 17.1. The Balaban J connectivity index is 1.63. The first-order valence-corrected chi connectivity index (χ1v) is 9.61. The van der Waals surface area contributed by atoms with Crippen LogP contribution in [-0.2, 0) is 13.5 Å². The van der Waals surface area contributed by atoms with E-state index >= 15 is 0 Å². The summed E-state index contributed by atoms with van der Waals surface area (Å²) in [6.07, 6.45) is 3.79. The molecule has 162 valence electrons. The van der Waals surface area contributed by atoms with E-state index in [0.29, 0.717) is 17.7 Å². The smallest absolute Gasteiger partial charge is 0.388 e. The molecule has 3 heterocycles. The Kier molecular flexibility index (Phi) is 5.59. The molecule has 4 aromatic rings. The summed E-state index contributed by atoms with van der Waals surface area (Å²) < 4.78 is 33.8. The fourth-order valence-corrected chi connectivity index (χ4v) is 3.16. The highest BCUT2D eigenvalue weighted by Crippen LogP contribution is 2.28. The van der Waals surface area contributed by atoms with Gasteiger partial charge in [0.2, 0.25) is 0 Å². The average molecular weight is 437 g/mol. The van der Waals surface area contributed by atoms with Crippen LogP contribution in [-0.4, -0.2) is 25.7 Å². The molecule has 0 spiro atoms. The predicted octanol–water partition coefficient (Wildman–Crippen LogP) is 3.59. The fourth-order valence-electron chi connectivity index (χ4n) is 3.16. The Bertz CT molecular complexity index is 1340. The number of amides is 1. The summed E-state index contributed by atoms with van der Waals surface area (Å²) in [5.41, 5.74) is 2.58. The third-order valence-corrected chi connectivity index (χ3v) is 4.78. The Hall–Kier alpha value is -4.21. The molecule has 0 bridgehead atoms. The Morgan fingerprint density at radius 2 is 1.78 bits per heavy atom. The largest absolute Gasteiger partial charge is 0.437 e. The lowest BCUT2D eigenvalue weighted by molar-refractivity contribution is 0.101. The summed E-state index contributed by atoms with van der Waals surface area (Å²) >= 11 is 0. The molecule has 1 aromatic carbocycles. The van der Waals surface area contributed by atoms with Gasteiger partial charge < -0.3 is 9.73 Å². The van der Waals surface area contributed by atoms with E-state index in [1.165, 1.54) is 7.05 Å². The molecule has 0 aliphatic rings. The maximum Gasteiger partial charge on any atom is 0.437 e. The molecule has 0 saturated heterocycles. The van der Waals surface area contributed by atoms with Gasteiger partial charge in [0.1, 0.15) is 5.56 Å². The van der Waals surface area contributed by atoms with Crippen molar-refractivity contribution in [3.8, 4) is 22.6 Å². The predicted molar refractivity (Wildman–Crippen MR) is 112 cm³/mol. The van der Waals surface area contributed by atoms with Crippen molar-refractivity contribution in [1.82, 2.24) is 19.7 Å². The third-order valence-electron chi connectivity index (χ3n) is 4.78. The highest BCUT2D eigenvalue weighted by molar-refractivity contribution is 6.04. The summed E-state index contributed by atoms with van der Waals surface area (Å²) in [4.78, 5) is 31.7. The van der Waals surface area contributed by atoms with Gasteiger partial charge in [-0.2, -0.15) is 4.68 Å². The van der Waals surface area contributed by atoms with Crippen LogP contribution in [0.5, 0.6) is 0 Å². The first-order valence-electron chi connectivity index (χ1n) is 9.61. The van der Waals surface area contributed by atoms with Crippen molar-refractivity contribution in [2.24, 2.45) is 7.05 Å². The van der Waals surface area contributed by atoms with Crippen molar-refractivity contribution in [2.75, 3.05) is 5.32 Å². The fraction of sp³-hybridized carbons (Fsp3) is 0.136. The van der Waals surface area contributed by atoms with Crippen molar-refractivity contribution >= 4 is 11.6 Å². The van der Waals surface area contributed by atoms with E-state index in [4.69, 9.17) is 4.42 Å². The normalized spacial score (nSPS) is 10.9. The molecule has 0 atom stereocenters. The van der Waals surface area contributed by atoms with Gasteiger partial charge in [-0.15, -0.1) is 5.10 Å². The number of hydrogen-bond acceptors (Lipinski definition) is 6. The summed E-state index contributed by atoms with van der Waals surface area (Å²) in [6.45, 7) is 1.96. The number of nitrogens with one attached hydrogen (secondary N) is 1. The molecule has 0 fully saturated rings. The number of pyridine rings is 2. The Labute approximate surface area is 180 Å². The second-order valence-corrected chi connectivity index (χ2v) is 6.88. The standard InChI is InChI=1S/C22H17F2N5O3/c1-3-18-15(8-13(9-26-18)21-28-29(2)22(31)32-21)12-4-6-14(7-5-12)27-20(30)19-16(23)10-25-11-17(19)24/h4-11H,3H2,1-2H3,(H,27,30). The third kappa shape index (κ3) is 4.02. The van der Waals surface area contributed by atoms with E-state index < -0.39 is 28.9 Å². The van der Waals surface area contributed by atoms with Crippen molar-refractivity contribution in [3.05, 3.63) is 82.4 Å². The van der Waals surface area contributed by atoms with Crippen LogP contribution in [0.2, 0.25) is 0 Å². The van der Waals surface area contributed by atoms with Crippen LogP contribution in [0.4, 0.5) is 14.5 Å². The number of benzene rings is 1. The first kappa shape index (κ1) is 21.0. The van der Waals surface area contributed by atoms with Crippen LogP contribution in [0.25, 0.3) is 22.6 Å². The second-order valence-electron chi connectivity index (χ2n) is 6.88. The number of halogens is 2. The molecule has 1 amide bonds. The van der Waals surface area contributed by atoms with Gasteiger partial charge >= 0.3 is 5.76 Å². The lowest BCUT2D eigenvalue weighted by Gasteiger charge is -2.11. The zero-order chi connectivity index (χ0) is 22.8. The minimum absolute atomic E-state index is 0.152. The van der Waals surface area contributed by atoms with Gasteiger partial charge in [0.05, 0.1) is 18.0 Å². The molecule has 0 aliphatic heterocycles. The summed E-state index contributed by atoms with van der Waals surface area (Å²) in [5.74, 6) is -3.44. The summed E-state index contributed by atoms with van der Waals surface area (Å²) in [5, 5.41) is 6.51. The maximum atomic E-state index is 13.8. The van der Waals surface area contributed by atoms with Crippen LogP contribution in [0.3, 0.4) is 0 Å². The second kappa shape index (κ2) is 8.50. The quantitative estimate of drug-likeness (QED) is 0.512. The lowest BCUT2D eigenvalue weighted by Crippen LogP contribution is -2.16. The van der Waals surface area contributed by atoms with E-state index in [1.54, 1.807) is 30.5 Å². The molecule has 1 N–H and O–H groups in total. The molecule has 32 heavy (non-hydrogen) atoms. The highest BCUT2D eigenvalue weighted by atomic mass is 19.1. The van der Waals surface area contributed by atoms with E-state index in [2.05, 4.69) is 20.4 Å². The summed E-state index contributed by atoms with van der Waals surface area (Å²) in [6, 6.07) is 8.51. The molecule has 4 rings (SSSR count). The molecule has 0 radical (unpaired) electrons. The first-order chi connectivity index (χ1) is 15.4. The van der Waals surface area contributed by atoms with Crippen LogP contribution in [0.1, 0.15) is 23.0 Å². The van der Waals surface area contributed by atoms with Gasteiger partial charge in [0.25, 0.3) is 11.8 Å². The molecule has 10 heteroatoms. The van der Waals surface area contributed by atoms with Gasteiger partial charge in [0.15, 0.2) is 11.6 Å². The topological polar surface area (TPSA) is 103 Å². The van der Waals surface area contributed by atoms with Gasteiger partial charge in [-0.05, 0) is 30.2 Å². The van der Waals surface area contributed by atoms with Crippen LogP contribution >= 0.6 is 0 Å². The molecule has 0 aliphatic carbocycles.